The molecule has 1 N–H and O–H groups in total. The van der Waals surface area contributed by atoms with Crippen LogP contribution in [0.5, 0.6) is 5.75 Å². The van der Waals surface area contributed by atoms with Crippen LogP contribution in [-0.2, 0) is 13.2 Å². The van der Waals surface area contributed by atoms with E-state index in [1.165, 1.54) is 16.7 Å². The average molecular weight is 276 g/mol. The monoisotopic (exact) mass is 276 g/mol. The van der Waals surface area contributed by atoms with Gasteiger partial charge >= 0.3 is 0 Å². The summed E-state index contributed by atoms with van der Waals surface area (Å²) in [7, 11) is 1.96. The highest BCUT2D eigenvalue weighted by Gasteiger charge is 2.08. The molecule has 1 aromatic carbocycles. The van der Waals surface area contributed by atoms with Gasteiger partial charge in [0.25, 0.3) is 0 Å². The Morgan fingerprint density at radius 2 is 1.89 bits per heavy atom. The van der Waals surface area contributed by atoms with Gasteiger partial charge in [0.05, 0.1) is 0 Å². The predicted octanol–water partition coefficient (Wildman–Crippen LogP) is 3.37. The van der Waals surface area contributed by atoms with Gasteiger partial charge in [-0.2, -0.15) is 0 Å². The van der Waals surface area contributed by atoms with Crippen LogP contribution in [0.4, 0.5) is 0 Å². The van der Waals surface area contributed by atoms with Gasteiger partial charge in [-0.25, -0.2) is 4.98 Å². The van der Waals surface area contributed by atoms with E-state index >= 15 is 0 Å². The summed E-state index contributed by atoms with van der Waals surface area (Å²) in [5.74, 6) is 0.979. The van der Waals surface area contributed by atoms with Crippen LogP contribution in [0, 0.1) is 20.8 Å². The van der Waals surface area contributed by atoms with Crippen molar-refractivity contribution in [3.05, 3.63) is 44.9 Å². The lowest BCUT2D eigenvalue weighted by Crippen LogP contribution is -2.06. The molecular weight excluding hydrogens is 256 g/mol. The van der Waals surface area contributed by atoms with Gasteiger partial charge in [-0.3, -0.25) is 0 Å². The highest BCUT2D eigenvalue weighted by molar-refractivity contribution is 7.09. The third-order valence-corrected chi connectivity index (χ3v) is 3.85. The van der Waals surface area contributed by atoms with E-state index < -0.39 is 0 Å². The minimum Gasteiger partial charge on any atom is -0.486 e. The van der Waals surface area contributed by atoms with E-state index in [-0.39, 0.29) is 0 Å². The van der Waals surface area contributed by atoms with E-state index in [2.05, 4.69) is 41.7 Å². The fourth-order valence-electron chi connectivity index (χ4n) is 2.18. The summed E-state index contributed by atoms with van der Waals surface area (Å²) in [6.07, 6.45) is 0. The molecule has 3 nitrogen and oxygen atoms in total. The van der Waals surface area contributed by atoms with E-state index in [1.54, 1.807) is 11.3 Å². The molecule has 0 atom stereocenters. The maximum Gasteiger partial charge on any atom is 0.140 e. The van der Waals surface area contributed by atoms with Crippen LogP contribution in [0.25, 0.3) is 0 Å². The number of nitrogens with zero attached hydrogens (tertiary/aromatic N) is 1. The summed E-state index contributed by atoms with van der Waals surface area (Å²) in [4.78, 5) is 4.42. The quantitative estimate of drug-likeness (QED) is 0.909. The molecule has 0 saturated heterocycles. The first-order valence-corrected chi connectivity index (χ1v) is 7.26. The van der Waals surface area contributed by atoms with E-state index in [1.807, 2.05) is 14.0 Å². The lowest BCUT2D eigenvalue weighted by Gasteiger charge is -2.13. The number of nitrogens with one attached hydrogen (secondary N) is 1. The summed E-state index contributed by atoms with van der Waals surface area (Å²) in [6, 6.07) is 4.35. The number of aryl methyl sites for hydroxylation is 3. The van der Waals surface area contributed by atoms with Crippen molar-refractivity contribution in [2.45, 2.75) is 33.9 Å². The van der Waals surface area contributed by atoms with Gasteiger partial charge in [0.15, 0.2) is 0 Å². The van der Waals surface area contributed by atoms with Crippen molar-refractivity contribution >= 4 is 11.3 Å². The van der Waals surface area contributed by atoms with Crippen molar-refractivity contribution in [3.8, 4) is 5.75 Å². The topological polar surface area (TPSA) is 34.1 Å². The molecule has 2 aromatic rings. The summed E-state index contributed by atoms with van der Waals surface area (Å²) in [5, 5.41) is 6.24. The molecule has 2 rings (SSSR count). The van der Waals surface area contributed by atoms with Gasteiger partial charge in [0, 0.05) is 17.6 Å². The molecular formula is C15H20N2OS. The first-order chi connectivity index (χ1) is 9.10. The fourth-order valence-corrected chi connectivity index (χ4v) is 2.86. The number of rotatable bonds is 5. The Bertz CT molecular complexity index is 540. The van der Waals surface area contributed by atoms with Gasteiger partial charge in [0.1, 0.15) is 17.4 Å². The molecule has 4 heteroatoms. The van der Waals surface area contributed by atoms with Gasteiger partial charge in [-0.1, -0.05) is 12.1 Å². The van der Waals surface area contributed by atoms with E-state index in [0.29, 0.717) is 6.61 Å². The van der Waals surface area contributed by atoms with E-state index in [4.69, 9.17) is 4.74 Å². The van der Waals surface area contributed by atoms with Gasteiger partial charge in [-0.15, -0.1) is 11.3 Å². The second kappa shape index (κ2) is 6.17. The largest absolute Gasteiger partial charge is 0.486 e. The van der Waals surface area contributed by atoms with Gasteiger partial charge < -0.3 is 10.1 Å². The average Bonchev–Trinajstić information content (AvgIpc) is 2.74. The first-order valence-electron chi connectivity index (χ1n) is 6.38. The summed E-state index contributed by atoms with van der Waals surface area (Å²) >= 11 is 1.65. The first kappa shape index (κ1) is 14.0. The van der Waals surface area contributed by atoms with Crippen molar-refractivity contribution < 1.29 is 4.74 Å². The number of hydrogen-bond acceptors (Lipinski definition) is 4. The number of ether oxygens (including phenoxy) is 1. The Morgan fingerprint density at radius 1 is 1.21 bits per heavy atom. The fraction of sp³-hybridized carbons (Fsp3) is 0.400. The molecule has 0 amide bonds. The molecule has 0 aliphatic carbocycles. The van der Waals surface area contributed by atoms with Crippen LogP contribution >= 0.6 is 11.3 Å². The maximum absolute atomic E-state index is 5.93. The third kappa shape index (κ3) is 3.55. The zero-order valence-corrected chi connectivity index (χ0v) is 12.7. The van der Waals surface area contributed by atoms with Crippen molar-refractivity contribution in [2.75, 3.05) is 7.05 Å². The number of benzene rings is 1. The van der Waals surface area contributed by atoms with Gasteiger partial charge in [-0.05, 0) is 44.5 Å². The van der Waals surface area contributed by atoms with Crippen molar-refractivity contribution in [1.82, 2.24) is 10.3 Å². The highest BCUT2D eigenvalue weighted by Crippen LogP contribution is 2.26. The molecule has 0 spiro atoms. The van der Waals surface area contributed by atoms with Crippen LogP contribution < -0.4 is 10.1 Å². The second-order valence-electron chi connectivity index (χ2n) is 4.76. The van der Waals surface area contributed by atoms with Crippen LogP contribution in [0.3, 0.4) is 0 Å². The molecule has 19 heavy (non-hydrogen) atoms. The third-order valence-electron chi connectivity index (χ3n) is 2.91. The van der Waals surface area contributed by atoms with E-state index in [0.717, 1.165) is 23.0 Å². The summed E-state index contributed by atoms with van der Waals surface area (Å²) in [5.41, 5.74) is 4.70. The Balaban J connectivity index is 2.11. The van der Waals surface area contributed by atoms with Crippen LogP contribution in [0.2, 0.25) is 0 Å². The Labute approximate surface area is 118 Å². The Kier molecular flexibility index (Phi) is 4.56. The molecule has 0 bridgehead atoms. The normalized spacial score (nSPS) is 10.7. The van der Waals surface area contributed by atoms with Crippen LogP contribution in [-0.4, -0.2) is 12.0 Å². The minimum atomic E-state index is 0.547. The smallest absolute Gasteiger partial charge is 0.140 e. The second-order valence-corrected chi connectivity index (χ2v) is 5.70. The number of aromatic nitrogens is 1. The molecule has 1 heterocycles. The Morgan fingerprint density at radius 3 is 2.42 bits per heavy atom. The zero-order valence-electron chi connectivity index (χ0n) is 11.9. The number of hydrogen-bond donors (Lipinski definition) is 1. The minimum absolute atomic E-state index is 0.547. The van der Waals surface area contributed by atoms with E-state index in [9.17, 15) is 0 Å². The van der Waals surface area contributed by atoms with Crippen molar-refractivity contribution in [3.63, 3.8) is 0 Å². The molecule has 0 aliphatic heterocycles. The standard InChI is InChI=1S/C15H20N2OS/c1-10-5-13(7-16-4)6-11(2)15(10)18-8-14-17-12(3)9-19-14/h5-6,9,16H,7-8H2,1-4H3. The lowest BCUT2D eigenvalue weighted by atomic mass is 10.1. The lowest BCUT2D eigenvalue weighted by molar-refractivity contribution is 0.301. The molecule has 0 saturated carbocycles. The van der Waals surface area contributed by atoms with Crippen molar-refractivity contribution in [2.24, 2.45) is 0 Å². The zero-order chi connectivity index (χ0) is 13.8. The molecule has 1 aromatic heterocycles. The maximum atomic E-state index is 5.93. The predicted molar refractivity (Wildman–Crippen MR) is 79.9 cm³/mol. The molecule has 102 valence electrons. The van der Waals surface area contributed by atoms with Crippen LogP contribution in [0.1, 0.15) is 27.4 Å². The molecule has 0 fully saturated rings. The van der Waals surface area contributed by atoms with Crippen molar-refractivity contribution in [1.29, 1.82) is 0 Å². The number of thiazole rings is 1. The SMILES string of the molecule is CNCc1cc(C)c(OCc2nc(C)cs2)c(C)c1. The summed E-state index contributed by atoms with van der Waals surface area (Å²) < 4.78 is 5.93. The Hall–Kier alpha value is -1.39. The molecule has 0 radical (unpaired) electrons. The van der Waals surface area contributed by atoms with Crippen LogP contribution in [0.15, 0.2) is 17.5 Å². The summed E-state index contributed by atoms with van der Waals surface area (Å²) in [6.45, 7) is 7.62. The highest BCUT2D eigenvalue weighted by atomic mass is 32.1. The molecule has 0 unspecified atom stereocenters. The van der Waals surface area contributed by atoms with Gasteiger partial charge in [0.2, 0.25) is 0 Å². The molecule has 0 aliphatic rings.